The number of aromatic nitrogens is 3. The second-order valence-electron chi connectivity index (χ2n) is 6.16. The van der Waals surface area contributed by atoms with Gasteiger partial charge in [-0.1, -0.05) is 65.7 Å². The Morgan fingerprint density at radius 3 is 1.36 bits per heavy atom. The summed E-state index contributed by atoms with van der Waals surface area (Å²) in [5, 5.41) is 0. The molecule has 0 aliphatic heterocycles. The molecule has 1 aromatic rings. The van der Waals surface area contributed by atoms with Crippen molar-refractivity contribution in [1.29, 1.82) is 0 Å². The lowest BCUT2D eigenvalue weighted by Crippen LogP contribution is -2.08. The Balaban J connectivity index is 2.59. The van der Waals surface area contributed by atoms with E-state index in [1.165, 1.54) is 51.4 Å². The molecule has 0 atom stereocenters. The molecule has 1 aromatic heterocycles. The van der Waals surface area contributed by atoms with Crippen molar-refractivity contribution in [3.8, 4) is 0 Å². The van der Waals surface area contributed by atoms with Crippen LogP contribution in [0.3, 0.4) is 0 Å². The predicted octanol–water partition coefficient (Wildman–Crippen LogP) is 5.27. The fraction of sp³-hybridized carbons (Fsp3) is 0.789. The van der Waals surface area contributed by atoms with Crippen LogP contribution in [0.2, 0.25) is 0 Å². The molecule has 1 rings (SSSR count). The Bertz CT molecular complexity index is 360. The Morgan fingerprint density at radius 2 is 1.00 bits per heavy atom. The molecule has 1 heterocycles. The quantitative estimate of drug-likeness (QED) is 0.466. The smallest absolute Gasteiger partial charge is 0.132 e. The van der Waals surface area contributed by atoms with Crippen molar-refractivity contribution in [3.05, 3.63) is 24.4 Å². The van der Waals surface area contributed by atoms with Crippen LogP contribution in [0.15, 0.2) is 0 Å². The van der Waals surface area contributed by atoms with Crippen molar-refractivity contribution < 1.29 is 0 Å². The third-order valence-electron chi connectivity index (χ3n) is 3.93. The lowest BCUT2D eigenvalue weighted by Gasteiger charge is -2.07. The van der Waals surface area contributed by atoms with Crippen molar-refractivity contribution in [2.24, 2.45) is 0 Å². The molecule has 0 aromatic carbocycles. The summed E-state index contributed by atoms with van der Waals surface area (Å²) < 4.78 is 0. The largest absolute Gasteiger partial charge is 0.218 e. The standard InChI is InChI=1S/C19H34N3/c1-4-7-10-12-15-18-20-17(14-9-6-3)21-19(22-18)16-13-11-8-5-2/h3-16H2,1-2H3. The fourth-order valence-electron chi connectivity index (χ4n) is 2.56. The predicted molar refractivity (Wildman–Crippen MR) is 93.8 cm³/mol. The van der Waals surface area contributed by atoms with E-state index < -0.39 is 0 Å². The normalized spacial score (nSPS) is 11.0. The third-order valence-corrected chi connectivity index (χ3v) is 3.93. The summed E-state index contributed by atoms with van der Waals surface area (Å²) in [6.07, 6.45) is 15.1. The van der Waals surface area contributed by atoms with Gasteiger partial charge in [0.25, 0.3) is 0 Å². The average molecular weight is 305 g/mol. The van der Waals surface area contributed by atoms with Gasteiger partial charge in [-0.3, -0.25) is 0 Å². The van der Waals surface area contributed by atoms with E-state index in [9.17, 15) is 0 Å². The van der Waals surface area contributed by atoms with Crippen LogP contribution in [0.5, 0.6) is 0 Å². The molecule has 1 radical (unpaired) electrons. The van der Waals surface area contributed by atoms with Crippen LogP contribution in [0.25, 0.3) is 0 Å². The van der Waals surface area contributed by atoms with Gasteiger partial charge in [-0.25, -0.2) is 15.0 Å². The van der Waals surface area contributed by atoms with Gasteiger partial charge < -0.3 is 0 Å². The van der Waals surface area contributed by atoms with E-state index in [1.54, 1.807) is 0 Å². The minimum atomic E-state index is 0.940. The number of unbranched alkanes of at least 4 members (excludes halogenated alkanes) is 7. The summed E-state index contributed by atoms with van der Waals surface area (Å²) in [6.45, 7) is 8.40. The Kier molecular flexibility index (Phi) is 10.9. The van der Waals surface area contributed by atoms with E-state index in [0.717, 1.165) is 49.6 Å². The lowest BCUT2D eigenvalue weighted by atomic mass is 10.1. The number of hydrogen-bond acceptors (Lipinski definition) is 3. The first-order chi connectivity index (χ1) is 10.8. The van der Waals surface area contributed by atoms with E-state index in [4.69, 9.17) is 4.98 Å². The van der Waals surface area contributed by atoms with Crippen LogP contribution in [-0.2, 0) is 19.3 Å². The van der Waals surface area contributed by atoms with Crippen LogP contribution in [0.4, 0.5) is 0 Å². The van der Waals surface area contributed by atoms with Crippen molar-refractivity contribution in [2.45, 2.75) is 97.3 Å². The lowest BCUT2D eigenvalue weighted by molar-refractivity contribution is 0.618. The van der Waals surface area contributed by atoms with Gasteiger partial charge in [0.2, 0.25) is 0 Å². The summed E-state index contributed by atoms with van der Waals surface area (Å²) in [4.78, 5) is 14.0. The third kappa shape index (κ3) is 8.45. The molecule has 125 valence electrons. The van der Waals surface area contributed by atoms with Crippen LogP contribution >= 0.6 is 0 Å². The zero-order valence-electron chi connectivity index (χ0n) is 14.7. The topological polar surface area (TPSA) is 38.7 Å². The van der Waals surface area contributed by atoms with E-state index in [0.29, 0.717) is 0 Å². The summed E-state index contributed by atoms with van der Waals surface area (Å²) >= 11 is 0. The minimum absolute atomic E-state index is 0.940. The van der Waals surface area contributed by atoms with E-state index in [1.807, 2.05) is 0 Å². The number of nitrogens with zero attached hydrogens (tertiary/aromatic N) is 3. The molecule has 0 N–H and O–H groups in total. The van der Waals surface area contributed by atoms with E-state index >= 15 is 0 Å². The molecule has 0 unspecified atom stereocenters. The van der Waals surface area contributed by atoms with Gasteiger partial charge >= 0.3 is 0 Å². The maximum Gasteiger partial charge on any atom is 0.132 e. The van der Waals surface area contributed by atoms with E-state index in [2.05, 4.69) is 30.7 Å². The van der Waals surface area contributed by atoms with Crippen molar-refractivity contribution >= 4 is 0 Å². The second kappa shape index (κ2) is 12.5. The van der Waals surface area contributed by atoms with Gasteiger partial charge in [-0.2, -0.15) is 0 Å². The number of rotatable bonds is 13. The van der Waals surface area contributed by atoms with Gasteiger partial charge in [-0.05, 0) is 19.3 Å². The Labute approximate surface area is 137 Å². The maximum absolute atomic E-state index is 4.70. The number of hydrogen-bond donors (Lipinski definition) is 0. The maximum atomic E-state index is 4.70. The van der Waals surface area contributed by atoms with Gasteiger partial charge in [0.1, 0.15) is 17.5 Å². The summed E-state index contributed by atoms with van der Waals surface area (Å²) in [5.74, 6) is 3.00. The van der Waals surface area contributed by atoms with Crippen LogP contribution in [0, 0.1) is 6.92 Å². The average Bonchev–Trinajstić information content (AvgIpc) is 2.54. The molecule has 0 spiro atoms. The first-order valence-corrected chi connectivity index (χ1v) is 9.32. The molecule has 0 saturated carbocycles. The van der Waals surface area contributed by atoms with Gasteiger partial charge in [0, 0.05) is 19.3 Å². The molecule has 0 aliphatic carbocycles. The van der Waals surface area contributed by atoms with Crippen LogP contribution < -0.4 is 0 Å². The number of aryl methyl sites for hydroxylation is 3. The Hall–Kier alpha value is -0.990. The second-order valence-corrected chi connectivity index (χ2v) is 6.16. The summed E-state index contributed by atoms with van der Waals surface area (Å²) in [6, 6.07) is 0. The highest BCUT2D eigenvalue weighted by molar-refractivity contribution is 4.98. The molecule has 3 heteroatoms. The van der Waals surface area contributed by atoms with Crippen LogP contribution in [0.1, 0.15) is 95.5 Å². The molecule has 0 saturated heterocycles. The summed E-state index contributed by atoms with van der Waals surface area (Å²) in [5.41, 5.74) is 0. The molecule has 0 aliphatic rings. The zero-order chi connectivity index (χ0) is 16.0. The highest BCUT2D eigenvalue weighted by Crippen LogP contribution is 2.09. The molecule has 0 fully saturated rings. The van der Waals surface area contributed by atoms with Gasteiger partial charge in [0.15, 0.2) is 0 Å². The molecular formula is C19H34N3. The van der Waals surface area contributed by atoms with Crippen molar-refractivity contribution in [3.63, 3.8) is 0 Å². The highest BCUT2D eigenvalue weighted by Gasteiger charge is 2.06. The highest BCUT2D eigenvalue weighted by atomic mass is 15.0. The monoisotopic (exact) mass is 304 g/mol. The molecule has 0 amide bonds. The SMILES string of the molecule is [CH2]CCCc1nc(CCCCCC)nc(CCCCCC)n1. The fourth-order valence-corrected chi connectivity index (χ4v) is 2.56. The molecule has 22 heavy (non-hydrogen) atoms. The van der Waals surface area contributed by atoms with Gasteiger partial charge in [-0.15, -0.1) is 0 Å². The zero-order valence-corrected chi connectivity index (χ0v) is 14.7. The van der Waals surface area contributed by atoms with E-state index in [-0.39, 0.29) is 0 Å². The van der Waals surface area contributed by atoms with Crippen molar-refractivity contribution in [1.82, 2.24) is 15.0 Å². The minimum Gasteiger partial charge on any atom is -0.218 e. The first kappa shape index (κ1) is 19.1. The molecular weight excluding hydrogens is 270 g/mol. The molecule has 3 nitrogen and oxygen atoms in total. The van der Waals surface area contributed by atoms with Crippen molar-refractivity contribution in [2.75, 3.05) is 0 Å². The molecule has 0 bridgehead atoms. The Morgan fingerprint density at radius 1 is 0.591 bits per heavy atom. The van der Waals surface area contributed by atoms with Gasteiger partial charge in [0.05, 0.1) is 0 Å². The van der Waals surface area contributed by atoms with Crippen LogP contribution in [-0.4, -0.2) is 15.0 Å². The first-order valence-electron chi connectivity index (χ1n) is 9.32. The summed E-state index contributed by atoms with van der Waals surface area (Å²) in [7, 11) is 0.